The minimum atomic E-state index is -0.635. The Morgan fingerprint density at radius 1 is 0.962 bits per heavy atom. The Kier molecular flexibility index (Phi) is 5.63. The minimum absolute atomic E-state index is 0.247. The Hall–Kier alpha value is -2.73. The summed E-state index contributed by atoms with van der Waals surface area (Å²) in [6.45, 7) is 5.79. The Morgan fingerprint density at radius 2 is 1.62 bits per heavy atom. The molecule has 3 aromatic rings. The van der Waals surface area contributed by atoms with Crippen LogP contribution >= 0.6 is 11.3 Å². The summed E-state index contributed by atoms with van der Waals surface area (Å²) in [6, 6.07) is 17.8. The molecule has 1 N–H and O–H groups in total. The van der Waals surface area contributed by atoms with Gasteiger partial charge in [-0.15, -0.1) is 10.2 Å². The number of amides is 1. The molecule has 0 bridgehead atoms. The maximum atomic E-state index is 12.3. The minimum Gasteiger partial charge on any atom is -0.481 e. The second kappa shape index (κ2) is 8.10. The van der Waals surface area contributed by atoms with Gasteiger partial charge >= 0.3 is 0 Å². The van der Waals surface area contributed by atoms with Gasteiger partial charge in [0.25, 0.3) is 5.91 Å². The van der Waals surface area contributed by atoms with Crippen LogP contribution in [0.2, 0.25) is 0 Å². The van der Waals surface area contributed by atoms with Gasteiger partial charge in [-0.2, -0.15) is 0 Å². The van der Waals surface area contributed by atoms with Crippen molar-refractivity contribution >= 4 is 22.4 Å². The average Bonchev–Trinajstić information content (AvgIpc) is 3.12. The second-order valence-corrected chi connectivity index (χ2v) is 7.25. The lowest BCUT2D eigenvalue weighted by Gasteiger charge is -2.14. The van der Waals surface area contributed by atoms with Crippen molar-refractivity contribution < 1.29 is 9.53 Å². The van der Waals surface area contributed by atoms with Gasteiger partial charge in [0.2, 0.25) is 5.13 Å². The molecular formula is C20H21N3O2S. The molecule has 0 aliphatic heterocycles. The first-order valence-corrected chi connectivity index (χ1v) is 9.31. The lowest BCUT2D eigenvalue weighted by molar-refractivity contribution is -0.122. The van der Waals surface area contributed by atoms with Crippen molar-refractivity contribution in [3.8, 4) is 16.9 Å². The van der Waals surface area contributed by atoms with Gasteiger partial charge in [0, 0.05) is 5.92 Å². The van der Waals surface area contributed by atoms with Crippen LogP contribution in [0.1, 0.15) is 31.7 Å². The standard InChI is InChI=1S/C20H21N3O2S/c1-13(2)19-22-23-20(26-19)21-18(24)14(3)25-17-11-9-16(10-12-17)15-7-5-4-6-8-15/h4-14H,1-3H3,(H,21,23,24). The number of carbonyl (C=O) groups is 1. The Bertz CT molecular complexity index is 860. The number of benzene rings is 2. The maximum absolute atomic E-state index is 12.3. The van der Waals surface area contributed by atoms with Crippen LogP contribution in [0.5, 0.6) is 5.75 Å². The molecule has 0 aliphatic rings. The third-order valence-electron chi connectivity index (χ3n) is 3.81. The van der Waals surface area contributed by atoms with Crippen molar-refractivity contribution in [2.24, 2.45) is 0 Å². The smallest absolute Gasteiger partial charge is 0.266 e. The van der Waals surface area contributed by atoms with Crippen LogP contribution in [-0.2, 0) is 4.79 Å². The molecule has 26 heavy (non-hydrogen) atoms. The molecular weight excluding hydrogens is 346 g/mol. The molecule has 0 fully saturated rings. The van der Waals surface area contributed by atoms with Crippen LogP contribution in [0.3, 0.4) is 0 Å². The summed E-state index contributed by atoms with van der Waals surface area (Å²) in [5.41, 5.74) is 2.24. The molecule has 0 aliphatic carbocycles. The lowest BCUT2D eigenvalue weighted by Crippen LogP contribution is -2.30. The zero-order chi connectivity index (χ0) is 18.5. The predicted molar refractivity (Wildman–Crippen MR) is 105 cm³/mol. The van der Waals surface area contributed by atoms with E-state index in [4.69, 9.17) is 4.74 Å². The number of aromatic nitrogens is 2. The van der Waals surface area contributed by atoms with E-state index in [0.717, 1.165) is 16.1 Å². The molecule has 6 heteroatoms. The SMILES string of the molecule is CC(Oc1ccc(-c2ccccc2)cc1)C(=O)Nc1nnc(C(C)C)s1. The van der Waals surface area contributed by atoms with Crippen molar-refractivity contribution in [3.05, 3.63) is 59.6 Å². The number of carbonyl (C=O) groups excluding carboxylic acids is 1. The summed E-state index contributed by atoms with van der Waals surface area (Å²) in [6.07, 6.45) is -0.635. The van der Waals surface area contributed by atoms with E-state index in [1.54, 1.807) is 6.92 Å². The van der Waals surface area contributed by atoms with Crippen LogP contribution < -0.4 is 10.1 Å². The van der Waals surface area contributed by atoms with Crippen LogP contribution in [0.25, 0.3) is 11.1 Å². The summed E-state index contributed by atoms with van der Waals surface area (Å²) in [4.78, 5) is 12.3. The lowest BCUT2D eigenvalue weighted by atomic mass is 10.1. The highest BCUT2D eigenvalue weighted by molar-refractivity contribution is 7.15. The summed E-state index contributed by atoms with van der Waals surface area (Å²) >= 11 is 1.38. The van der Waals surface area contributed by atoms with Crippen LogP contribution in [0.4, 0.5) is 5.13 Å². The van der Waals surface area contributed by atoms with Gasteiger partial charge in [-0.1, -0.05) is 67.6 Å². The Morgan fingerprint density at radius 3 is 2.23 bits per heavy atom. The van der Waals surface area contributed by atoms with E-state index in [-0.39, 0.29) is 11.8 Å². The summed E-state index contributed by atoms with van der Waals surface area (Å²) in [5, 5.41) is 12.2. The first-order chi connectivity index (χ1) is 12.5. The first kappa shape index (κ1) is 18.1. The monoisotopic (exact) mass is 367 g/mol. The van der Waals surface area contributed by atoms with Crippen molar-refractivity contribution in [3.63, 3.8) is 0 Å². The van der Waals surface area contributed by atoms with Crippen molar-refractivity contribution in [1.82, 2.24) is 10.2 Å². The highest BCUT2D eigenvalue weighted by Gasteiger charge is 2.17. The van der Waals surface area contributed by atoms with E-state index in [0.29, 0.717) is 10.9 Å². The van der Waals surface area contributed by atoms with Gasteiger partial charge in [0.05, 0.1) is 0 Å². The zero-order valence-electron chi connectivity index (χ0n) is 15.0. The molecule has 2 aromatic carbocycles. The molecule has 1 amide bonds. The Labute approximate surface area is 157 Å². The fourth-order valence-corrected chi connectivity index (χ4v) is 3.09. The van der Waals surface area contributed by atoms with E-state index >= 15 is 0 Å². The van der Waals surface area contributed by atoms with Gasteiger partial charge in [-0.3, -0.25) is 10.1 Å². The number of anilines is 1. The van der Waals surface area contributed by atoms with Crippen molar-refractivity contribution in [2.45, 2.75) is 32.8 Å². The third kappa shape index (κ3) is 4.46. The highest BCUT2D eigenvalue weighted by atomic mass is 32.1. The topological polar surface area (TPSA) is 64.1 Å². The highest BCUT2D eigenvalue weighted by Crippen LogP contribution is 2.24. The van der Waals surface area contributed by atoms with Crippen molar-refractivity contribution in [1.29, 1.82) is 0 Å². The molecule has 1 atom stereocenters. The van der Waals surface area contributed by atoms with Crippen LogP contribution in [0, 0.1) is 0 Å². The van der Waals surface area contributed by atoms with Gasteiger partial charge < -0.3 is 4.74 Å². The molecule has 5 nitrogen and oxygen atoms in total. The maximum Gasteiger partial charge on any atom is 0.266 e. The predicted octanol–water partition coefficient (Wildman–Crippen LogP) is 4.73. The van der Waals surface area contributed by atoms with Crippen LogP contribution in [0.15, 0.2) is 54.6 Å². The quantitative estimate of drug-likeness (QED) is 0.684. The number of nitrogens with zero attached hydrogens (tertiary/aromatic N) is 2. The molecule has 0 saturated carbocycles. The fourth-order valence-electron chi connectivity index (χ4n) is 2.34. The molecule has 0 spiro atoms. The number of nitrogens with one attached hydrogen (secondary N) is 1. The number of hydrogen-bond donors (Lipinski definition) is 1. The Balaban J connectivity index is 1.60. The molecule has 134 valence electrons. The molecule has 1 unspecified atom stereocenters. The van der Waals surface area contributed by atoms with E-state index < -0.39 is 6.10 Å². The van der Waals surface area contributed by atoms with E-state index in [1.807, 2.05) is 56.3 Å². The van der Waals surface area contributed by atoms with Gasteiger partial charge in [-0.05, 0) is 30.2 Å². The summed E-state index contributed by atoms with van der Waals surface area (Å²) < 4.78 is 5.74. The largest absolute Gasteiger partial charge is 0.481 e. The molecule has 1 aromatic heterocycles. The van der Waals surface area contributed by atoms with E-state index in [2.05, 4.69) is 27.6 Å². The number of hydrogen-bond acceptors (Lipinski definition) is 5. The average molecular weight is 367 g/mol. The molecule has 3 rings (SSSR count). The zero-order valence-corrected chi connectivity index (χ0v) is 15.8. The van der Waals surface area contributed by atoms with Gasteiger partial charge in [0.1, 0.15) is 10.8 Å². The van der Waals surface area contributed by atoms with E-state index in [9.17, 15) is 4.79 Å². The summed E-state index contributed by atoms with van der Waals surface area (Å²) in [5.74, 6) is 0.686. The normalized spacial score (nSPS) is 12.0. The van der Waals surface area contributed by atoms with E-state index in [1.165, 1.54) is 11.3 Å². The number of ether oxygens (including phenoxy) is 1. The van der Waals surface area contributed by atoms with Crippen LogP contribution in [-0.4, -0.2) is 22.2 Å². The van der Waals surface area contributed by atoms with Crippen molar-refractivity contribution in [2.75, 3.05) is 5.32 Å². The molecule has 1 heterocycles. The molecule has 0 radical (unpaired) electrons. The molecule has 0 saturated heterocycles. The number of rotatable bonds is 6. The third-order valence-corrected chi connectivity index (χ3v) is 4.95. The first-order valence-electron chi connectivity index (χ1n) is 8.49. The summed E-state index contributed by atoms with van der Waals surface area (Å²) in [7, 11) is 0. The van der Waals surface area contributed by atoms with Gasteiger partial charge in [-0.25, -0.2) is 0 Å². The van der Waals surface area contributed by atoms with Gasteiger partial charge in [0.15, 0.2) is 6.10 Å². The second-order valence-electron chi connectivity index (χ2n) is 6.24. The fraction of sp³-hybridized carbons (Fsp3) is 0.250.